The quantitative estimate of drug-likeness (QED) is 0.521. The van der Waals surface area contributed by atoms with Crippen LogP contribution in [0.4, 0.5) is 0 Å². The van der Waals surface area contributed by atoms with Crippen LogP contribution in [0.25, 0.3) is 21.4 Å². The van der Waals surface area contributed by atoms with E-state index in [1.165, 1.54) is 15.3 Å². The number of thiophene rings is 2. The van der Waals surface area contributed by atoms with Gasteiger partial charge in [-0.1, -0.05) is 48.6 Å². The topological polar surface area (TPSA) is 17.1 Å². The Bertz CT molecular complexity index is 923. The number of rotatable bonds is 1. The molecule has 116 valence electrons. The second-order valence-corrected chi connectivity index (χ2v) is 7.30. The minimum absolute atomic E-state index is 0.110. The largest absolute Gasteiger partial charge is 0.289 e. The van der Waals surface area contributed by atoms with Crippen LogP contribution >= 0.6 is 22.7 Å². The number of allylic oxidation sites excluding steroid dienone is 5. The molecule has 2 aliphatic carbocycles. The highest BCUT2D eigenvalue weighted by atomic mass is 32.1. The first-order valence-corrected chi connectivity index (χ1v) is 9.40. The van der Waals surface area contributed by atoms with E-state index in [2.05, 4.69) is 41.1 Å². The lowest BCUT2D eigenvalue weighted by Crippen LogP contribution is -2.00. The molecule has 0 fully saturated rings. The molecule has 2 aliphatic rings. The fourth-order valence-corrected chi connectivity index (χ4v) is 4.37. The van der Waals surface area contributed by atoms with Gasteiger partial charge in [-0.05, 0) is 51.7 Å². The van der Waals surface area contributed by atoms with Gasteiger partial charge in [0.1, 0.15) is 0 Å². The lowest BCUT2D eigenvalue weighted by Gasteiger charge is -2.06. The van der Waals surface area contributed by atoms with Crippen LogP contribution < -0.4 is 0 Å². The number of carbonyl (C=O) groups is 1. The zero-order valence-electron chi connectivity index (χ0n) is 12.8. The third-order valence-electron chi connectivity index (χ3n) is 3.90. The van der Waals surface area contributed by atoms with Gasteiger partial charge in [0.05, 0.1) is 0 Å². The van der Waals surface area contributed by atoms with Gasteiger partial charge in [0, 0.05) is 15.3 Å². The van der Waals surface area contributed by atoms with Gasteiger partial charge in [0.15, 0.2) is 5.78 Å². The van der Waals surface area contributed by atoms with Crippen molar-refractivity contribution in [3.63, 3.8) is 0 Å². The Labute approximate surface area is 148 Å². The molecule has 1 nitrogen and oxygen atoms in total. The van der Waals surface area contributed by atoms with Crippen LogP contribution in [0, 0.1) is 0 Å². The molecule has 0 spiro atoms. The molecule has 0 unspecified atom stereocenters. The predicted molar refractivity (Wildman–Crippen MR) is 104 cm³/mol. The van der Waals surface area contributed by atoms with E-state index in [0.29, 0.717) is 0 Å². The van der Waals surface area contributed by atoms with Crippen LogP contribution in [-0.2, 0) is 4.79 Å². The van der Waals surface area contributed by atoms with Crippen molar-refractivity contribution in [1.29, 1.82) is 0 Å². The van der Waals surface area contributed by atoms with Gasteiger partial charge in [-0.2, -0.15) is 0 Å². The first-order chi connectivity index (χ1) is 11.8. The predicted octanol–water partition coefficient (Wildman–Crippen LogP) is 6.08. The molecule has 0 N–H and O–H groups in total. The lowest BCUT2D eigenvalue weighted by molar-refractivity contribution is -0.110. The Morgan fingerprint density at radius 2 is 1.46 bits per heavy atom. The molecule has 24 heavy (non-hydrogen) atoms. The lowest BCUT2D eigenvalue weighted by atomic mass is 9.96. The molecule has 3 heteroatoms. The average Bonchev–Trinajstić information content (AvgIpc) is 3.35. The van der Waals surface area contributed by atoms with Gasteiger partial charge in [-0.15, -0.1) is 22.7 Å². The molecule has 0 amide bonds. The highest BCUT2D eigenvalue weighted by Gasteiger charge is 2.23. The second kappa shape index (κ2) is 6.56. The molecule has 0 atom stereocenters. The van der Waals surface area contributed by atoms with Gasteiger partial charge < -0.3 is 0 Å². The molecule has 5 rings (SSSR count). The van der Waals surface area contributed by atoms with Gasteiger partial charge >= 0.3 is 0 Å². The smallest absolute Gasteiger partial charge is 0.186 e. The van der Waals surface area contributed by atoms with Crippen LogP contribution in [0.1, 0.15) is 11.1 Å². The van der Waals surface area contributed by atoms with Crippen molar-refractivity contribution < 1.29 is 4.79 Å². The summed E-state index contributed by atoms with van der Waals surface area (Å²) in [5.41, 5.74) is 4.20. The summed E-state index contributed by atoms with van der Waals surface area (Å²) in [5, 5.41) is 4.21. The SMILES string of the molecule is O=C1C=CC=C2C1=Cc1ccccc12.c1csc(-c2cccs2)c1. The number of benzene rings is 1. The first kappa shape index (κ1) is 15.1. The fraction of sp³-hybridized carbons (Fsp3) is 0. The van der Waals surface area contributed by atoms with Crippen molar-refractivity contribution in [2.75, 3.05) is 0 Å². The normalized spacial score (nSPS) is 14.2. The van der Waals surface area contributed by atoms with E-state index >= 15 is 0 Å². The maximum atomic E-state index is 11.5. The zero-order valence-corrected chi connectivity index (χ0v) is 14.4. The van der Waals surface area contributed by atoms with E-state index in [4.69, 9.17) is 0 Å². The number of ketones is 1. The van der Waals surface area contributed by atoms with Crippen LogP contribution in [0.5, 0.6) is 0 Å². The first-order valence-electron chi connectivity index (χ1n) is 7.64. The average molecular weight is 346 g/mol. The molecular weight excluding hydrogens is 332 g/mol. The van der Waals surface area contributed by atoms with Crippen molar-refractivity contribution in [2.24, 2.45) is 0 Å². The molecule has 2 heterocycles. The van der Waals surface area contributed by atoms with Gasteiger partial charge in [-0.3, -0.25) is 4.79 Å². The Balaban J connectivity index is 0.000000129. The van der Waals surface area contributed by atoms with Gasteiger partial charge in [0.2, 0.25) is 0 Å². The Morgan fingerprint density at radius 1 is 0.750 bits per heavy atom. The maximum Gasteiger partial charge on any atom is 0.186 e. The van der Waals surface area contributed by atoms with Gasteiger partial charge in [-0.25, -0.2) is 0 Å². The van der Waals surface area contributed by atoms with Crippen LogP contribution in [0.15, 0.2) is 83.1 Å². The molecule has 0 radical (unpaired) electrons. The molecule has 0 aliphatic heterocycles. The molecule has 2 aromatic heterocycles. The monoisotopic (exact) mass is 346 g/mol. The minimum atomic E-state index is 0.110. The Hall–Kier alpha value is -2.49. The van der Waals surface area contributed by atoms with Crippen LogP contribution in [0.2, 0.25) is 0 Å². The third-order valence-corrected chi connectivity index (χ3v) is 5.84. The highest BCUT2D eigenvalue weighted by Crippen LogP contribution is 2.37. The number of carbonyl (C=O) groups excluding carboxylic acids is 1. The van der Waals surface area contributed by atoms with Crippen molar-refractivity contribution in [2.45, 2.75) is 0 Å². The molecular formula is C21H14OS2. The minimum Gasteiger partial charge on any atom is -0.289 e. The summed E-state index contributed by atoms with van der Waals surface area (Å²) < 4.78 is 0. The maximum absolute atomic E-state index is 11.5. The molecule has 0 bridgehead atoms. The van der Waals surface area contributed by atoms with Crippen molar-refractivity contribution >= 4 is 40.1 Å². The molecule has 1 aromatic carbocycles. The van der Waals surface area contributed by atoms with Crippen LogP contribution in [-0.4, -0.2) is 5.78 Å². The number of hydrogen-bond acceptors (Lipinski definition) is 3. The second-order valence-electron chi connectivity index (χ2n) is 5.40. The molecule has 3 aromatic rings. The van der Waals surface area contributed by atoms with E-state index < -0.39 is 0 Å². The summed E-state index contributed by atoms with van der Waals surface area (Å²) in [7, 11) is 0. The van der Waals surface area contributed by atoms with Crippen molar-refractivity contribution in [3.8, 4) is 9.75 Å². The van der Waals surface area contributed by atoms with Gasteiger partial charge in [0.25, 0.3) is 0 Å². The fourth-order valence-electron chi connectivity index (χ4n) is 2.79. The van der Waals surface area contributed by atoms with E-state index in [9.17, 15) is 4.79 Å². The highest BCUT2D eigenvalue weighted by molar-refractivity contribution is 7.20. The summed E-state index contributed by atoms with van der Waals surface area (Å²) in [4.78, 5) is 14.3. The van der Waals surface area contributed by atoms with E-state index in [0.717, 1.165) is 16.7 Å². The Morgan fingerprint density at radius 3 is 2.12 bits per heavy atom. The van der Waals surface area contributed by atoms with Crippen molar-refractivity contribution in [3.05, 3.63) is 94.2 Å². The number of fused-ring (bicyclic) bond motifs is 3. The van der Waals surface area contributed by atoms with E-state index in [1.807, 2.05) is 36.4 Å². The summed E-state index contributed by atoms with van der Waals surface area (Å²) in [6.45, 7) is 0. The van der Waals surface area contributed by atoms with Crippen molar-refractivity contribution in [1.82, 2.24) is 0 Å². The molecule has 0 saturated heterocycles. The number of hydrogen-bond donors (Lipinski definition) is 0. The summed E-state index contributed by atoms with van der Waals surface area (Å²) in [6.07, 6.45) is 7.39. The third kappa shape index (κ3) is 2.84. The Kier molecular flexibility index (Phi) is 4.11. The zero-order chi connectivity index (χ0) is 16.4. The summed E-state index contributed by atoms with van der Waals surface area (Å²) >= 11 is 3.58. The van der Waals surface area contributed by atoms with Crippen LogP contribution in [0.3, 0.4) is 0 Å². The summed E-state index contributed by atoms with van der Waals surface area (Å²) in [6, 6.07) is 16.5. The summed E-state index contributed by atoms with van der Waals surface area (Å²) in [5.74, 6) is 0.110. The molecule has 0 saturated carbocycles. The standard InChI is InChI=1S/C13H8O.C8H6S2/c14-13-7-3-6-11-10-5-2-1-4-9(10)8-12(11)13;1-3-7(9-5-1)8-4-2-6-10-8/h1-8H;1-6H. The van der Waals surface area contributed by atoms with E-state index in [-0.39, 0.29) is 5.78 Å². The van der Waals surface area contributed by atoms with E-state index in [1.54, 1.807) is 28.7 Å².